The van der Waals surface area contributed by atoms with Crippen LogP contribution < -0.4 is 0 Å². The molecule has 0 amide bonds. The van der Waals surface area contributed by atoms with Crippen LogP contribution >= 0.6 is 0 Å². The number of hydrogen-bond acceptors (Lipinski definition) is 18. The summed E-state index contributed by atoms with van der Waals surface area (Å²) in [4.78, 5) is 55.4. The minimum absolute atomic E-state index is 0.00630. The Kier molecular flexibility index (Phi) is 8.25. The molecule has 0 radical (unpaired) electrons. The van der Waals surface area contributed by atoms with Crippen LogP contribution in [0.15, 0.2) is 23.0 Å². The maximum atomic E-state index is 14.4. The van der Waals surface area contributed by atoms with Crippen molar-refractivity contribution in [1.82, 2.24) is 0 Å². The largest absolute Gasteiger partial charge is 0.472 e. The van der Waals surface area contributed by atoms with E-state index in [0.717, 1.165) is 0 Å². The Morgan fingerprint density at radius 3 is 2.17 bits per heavy atom. The number of hydrogen-bond donors (Lipinski definition) is 2. The van der Waals surface area contributed by atoms with Crippen LogP contribution in [0.5, 0.6) is 0 Å². The first kappa shape index (κ1) is 41.2. The van der Waals surface area contributed by atoms with Gasteiger partial charge in [0.2, 0.25) is 0 Å². The average molecular weight is 835 g/mol. The molecule has 4 aliphatic carbocycles. The van der Waals surface area contributed by atoms with Crippen molar-refractivity contribution in [3.8, 4) is 0 Å². The van der Waals surface area contributed by atoms with Gasteiger partial charge in [-0.25, -0.2) is 4.79 Å². The number of methoxy groups -OCH3 is 3. The third-order valence-corrected chi connectivity index (χ3v) is 16.4. The summed E-state index contributed by atoms with van der Waals surface area (Å²) in [6.07, 6.45) is -5.26. The minimum Gasteiger partial charge on any atom is -0.472 e. The Bertz CT molecular complexity index is 2000. The molecule has 8 aliphatic rings. The fraction of sp³-hybridized carbons (Fsp3) is 0.805. The molecular weight excluding hydrogens is 780 g/mol. The van der Waals surface area contributed by atoms with Gasteiger partial charge in [0.15, 0.2) is 16.8 Å². The number of epoxide rings is 1. The molecule has 18 nitrogen and oxygen atoms in total. The van der Waals surface area contributed by atoms with E-state index < -0.39 is 129 Å². The molecule has 0 aromatic carbocycles. The summed E-state index contributed by atoms with van der Waals surface area (Å²) in [7, 11) is 3.79. The molecule has 4 bridgehead atoms. The quantitative estimate of drug-likeness (QED) is 0.185. The van der Waals surface area contributed by atoms with Crippen molar-refractivity contribution in [2.24, 2.45) is 22.2 Å². The van der Waals surface area contributed by atoms with E-state index in [4.69, 9.17) is 56.5 Å². The number of carbonyl (C=O) groups is 4. The van der Waals surface area contributed by atoms with Gasteiger partial charge in [-0.05, 0) is 38.7 Å². The molecule has 1 aromatic rings. The highest BCUT2D eigenvalue weighted by atomic mass is 17.0. The van der Waals surface area contributed by atoms with Crippen molar-refractivity contribution < 1.29 is 85.9 Å². The first-order valence-electron chi connectivity index (χ1n) is 20.1. The molecule has 2 N–H and O–H groups in total. The summed E-state index contributed by atoms with van der Waals surface area (Å²) in [6.45, 7) is 12.9. The van der Waals surface area contributed by atoms with Crippen LogP contribution in [0.4, 0.5) is 0 Å². The van der Waals surface area contributed by atoms with Crippen LogP contribution in [0.3, 0.4) is 0 Å². The fourth-order valence-electron chi connectivity index (χ4n) is 14.0. The van der Waals surface area contributed by atoms with Gasteiger partial charge < -0.3 is 66.7 Å². The van der Waals surface area contributed by atoms with Crippen molar-refractivity contribution in [2.75, 3.05) is 21.3 Å². The van der Waals surface area contributed by atoms with E-state index in [0.29, 0.717) is 5.56 Å². The molecular formula is C41H54O18. The van der Waals surface area contributed by atoms with E-state index in [9.17, 15) is 29.4 Å². The van der Waals surface area contributed by atoms with Crippen molar-refractivity contribution in [3.63, 3.8) is 0 Å². The summed E-state index contributed by atoms with van der Waals surface area (Å²) >= 11 is 0. The van der Waals surface area contributed by atoms with Crippen molar-refractivity contribution in [3.05, 3.63) is 24.2 Å². The number of aliphatic hydroxyl groups is 2. The summed E-state index contributed by atoms with van der Waals surface area (Å²) in [5, 5.41) is 27.5. The van der Waals surface area contributed by atoms with Gasteiger partial charge in [0.05, 0.1) is 45.4 Å². The molecule has 5 heterocycles. The summed E-state index contributed by atoms with van der Waals surface area (Å²) < 4.78 is 76.4. The summed E-state index contributed by atoms with van der Waals surface area (Å²) in [6, 6.07) is 1.59. The second-order valence-corrected chi connectivity index (χ2v) is 18.8. The highest BCUT2D eigenvalue weighted by Gasteiger charge is 3.07. The van der Waals surface area contributed by atoms with Crippen LogP contribution in [0.1, 0.15) is 99.2 Å². The predicted octanol–water partition coefficient (Wildman–Crippen LogP) is 2.49. The van der Waals surface area contributed by atoms with Crippen molar-refractivity contribution >= 4 is 23.9 Å². The standard InChI is InChI=1S/C41H54O18/c1-12-38(50-11)55-29-39(59-38)28(53-30(46)33(6)20(2)54-33)31(4)19-36(39,47)34(7,23(31)15-25(44)48-9)40-24(43)16-32(5,27(52-21(3)42)22-13-14-51-18-22)37(17-26(45)49-10)41(29,40)58-35(8,56-37)57-40/h13-14,18,20,23-24,27-29,43,47H,12,15-17,19H2,1-11H3/t20-,23+,24-,27+,28+,29-,31-,32+,33+,34-,35-,36-,37+,38-,39+,40+,41+/m1/s1. The van der Waals surface area contributed by atoms with Crippen LogP contribution in [0.25, 0.3) is 0 Å². The van der Waals surface area contributed by atoms with E-state index in [1.54, 1.807) is 47.6 Å². The zero-order valence-electron chi connectivity index (χ0n) is 35.2. The normalized spacial score (nSPS) is 53.3. The topological polar surface area (TPSA) is 227 Å². The second-order valence-electron chi connectivity index (χ2n) is 18.8. The van der Waals surface area contributed by atoms with Gasteiger partial charge in [0.25, 0.3) is 11.9 Å². The van der Waals surface area contributed by atoms with Crippen molar-refractivity contribution in [2.45, 2.75) is 164 Å². The van der Waals surface area contributed by atoms with Crippen LogP contribution in [-0.4, -0.2) is 125 Å². The van der Waals surface area contributed by atoms with Gasteiger partial charge >= 0.3 is 23.9 Å². The van der Waals surface area contributed by atoms with E-state index in [-0.39, 0.29) is 25.7 Å². The monoisotopic (exact) mass is 834 g/mol. The number of fused-ring (bicyclic) bond motifs is 2. The molecule has 4 saturated carbocycles. The Hall–Kier alpha value is -3.20. The summed E-state index contributed by atoms with van der Waals surface area (Å²) in [5.41, 5.74) is -16.8. The lowest BCUT2D eigenvalue weighted by Crippen LogP contribution is -2.97. The minimum atomic E-state index is -2.29. The van der Waals surface area contributed by atoms with Gasteiger partial charge in [-0.15, -0.1) is 0 Å². The number of rotatable bonds is 11. The van der Waals surface area contributed by atoms with Gasteiger partial charge in [0, 0.05) is 55.6 Å². The Morgan fingerprint density at radius 1 is 0.949 bits per heavy atom. The third kappa shape index (κ3) is 4.15. The van der Waals surface area contributed by atoms with Gasteiger partial charge in [-0.2, -0.15) is 0 Å². The SMILES string of the molecule is CC[C@@]1(OC)O[C@@H]2[C@@]3(O1)[C@@H](OC(=O)[C@@]1(C)O[C@@H]1C)[C@]1(C)C[C@@]3(O)[C@@](C)([C@H]1CC(=O)OC)[C@]13O[C@@]4(C)O[C@](CC(=O)OC)([C@@]21O4)[C@](C)([C@@H](OC(C)=O)c1ccoc1)C[C@H]3O. The van der Waals surface area contributed by atoms with Gasteiger partial charge in [-0.3, -0.25) is 14.4 Å². The molecule has 18 heteroatoms. The third-order valence-electron chi connectivity index (χ3n) is 16.4. The maximum absolute atomic E-state index is 14.4. The first-order chi connectivity index (χ1) is 27.5. The number of ether oxygens (including phenoxy) is 11. The maximum Gasteiger partial charge on any atom is 0.341 e. The lowest BCUT2D eigenvalue weighted by atomic mass is 9.32. The average Bonchev–Trinajstić information content (AvgIpc) is 3.77. The van der Waals surface area contributed by atoms with Gasteiger partial charge in [0.1, 0.15) is 35.1 Å². The molecule has 9 rings (SSSR count). The molecule has 326 valence electrons. The molecule has 4 saturated heterocycles. The van der Waals surface area contributed by atoms with Crippen LogP contribution in [0.2, 0.25) is 0 Å². The fourth-order valence-corrected chi connectivity index (χ4v) is 14.0. The molecule has 17 atom stereocenters. The zero-order valence-corrected chi connectivity index (χ0v) is 35.2. The van der Waals surface area contributed by atoms with Crippen LogP contribution in [-0.2, 0) is 71.3 Å². The van der Waals surface area contributed by atoms with E-state index in [1.807, 2.05) is 0 Å². The van der Waals surface area contributed by atoms with E-state index >= 15 is 0 Å². The molecule has 4 aliphatic heterocycles. The smallest absolute Gasteiger partial charge is 0.341 e. The highest BCUT2D eigenvalue weighted by molar-refractivity contribution is 5.83. The number of furan rings is 1. The first-order valence-corrected chi connectivity index (χ1v) is 20.1. The van der Waals surface area contributed by atoms with Gasteiger partial charge in [-0.1, -0.05) is 27.7 Å². The molecule has 1 aromatic heterocycles. The predicted molar refractivity (Wildman–Crippen MR) is 192 cm³/mol. The Labute approximate surface area is 340 Å². The number of aliphatic hydroxyl groups excluding tert-OH is 1. The molecule has 59 heavy (non-hydrogen) atoms. The zero-order chi connectivity index (χ0) is 43.0. The molecule has 0 unspecified atom stereocenters. The lowest BCUT2D eigenvalue weighted by molar-refractivity contribution is -0.468. The summed E-state index contributed by atoms with van der Waals surface area (Å²) in [5.74, 6) is -8.04. The second kappa shape index (κ2) is 11.8. The Balaban J connectivity index is 1.42. The lowest BCUT2D eigenvalue weighted by Gasteiger charge is -2.78. The Morgan fingerprint density at radius 2 is 1.61 bits per heavy atom. The highest BCUT2D eigenvalue weighted by Crippen LogP contribution is 2.90. The van der Waals surface area contributed by atoms with Crippen LogP contribution in [0, 0.1) is 22.2 Å². The van der Waals surface area contributed by atoms with Crippen molar-refractivity contribution in [1.29, 1.82) is 0 Å². The molecule has 2 spiro atoms. The number of carbonyl (C=O) groups excluding carboxylic acids is 4. The molecule has 8 fully saturated rings. The van der Waals surface area contributed by atoms with E-state index in [1.165, 1.54) is 47.7 Å². The van der Waals surface area contributed by atoms with E-state index in [2.05, 4.69) is 0 Å². The number of esters is 4.